The van der Waals surface area contributed by atoms with E-state index in [1.54, 1.807) is 0 Å². The van der Waals surface area contributed by atoms with E-state index >= 15 is 0 Å². The van der Waals surface area contributed by atoms with Crippen molar-refractivity contribution in [2.45, 2.75) is 19.8 Å². The zero-order valence-electron chi connectivity index (χ0n) is 9.72. The molecule has 0 saturated carbocycles. The van der Waals surface area contributed by atoms with E-state index in [4.69, 9.17) is 11.6 Å². The Kier molecular flexibility index (Phi) is 4.08. The molecule has 1 saturated heterocycles. The summed E-state index contributed by atoms with van der Waals surface area (Å²) in [5, 5.41) is 7.70. The van der Waals surface area contributed by atoms with Crippen molar-refractivity contribution in [3.8, 4) is 0 Å². The molecule has 0 aromatic heterocycles. The predicted octanol–water partition coefficient (Wildman–Crippen LogP) is 3.06. The third-order valence-electron chi connectivity index (χ3n) is 3.25. The van der Waals surface area contributed by atoms with Gasteiger partial charge in [-0.05, 0) is 50.4 Å². The molecular weight excluding hydrogens is 220 g/mol. The zero-order valence-corrected chi connectivity index (χ0v) is 10.5. The van der Waals surface area contributed by atoms with Crippen LogP contribution in [0.5, 0.6) is 0 Å². The molecule has 1 fully saturated rings. The van der Waals surface area contributed by atoms with E-state index in [2.05, 4.69) is 23.6 Å². The van der Waals surface area contributed by atoms with E-state index in [9.17, 15) is 0 Å². The SMILES string of the molecule is Cc1cccc(Cl)c1NCC1CCNCC1. The summed E-state index contributed by atoms with van der Waals surface area (Å²) in [6.45, 7) is 5.42. The van der Waals surface area contributed by atoms with Crippen molar-refractivity contribution in [3.05, 3.63) is 28.8 Å². The quantitative estimate of drug-likeness (QED) is 0.846. The van der Waals surface area contributed by atoms with Crippen LogP contribution in [0.4, 0.5) is 5.69 Å². The maximum Gasteiger partial charge on any atom is 0.0640 e. The van der Waals surface area contributed by atoms with Crippen molar-refractivity contribution >= 4 is 17.3 Å². The van der Waals surface area contributed by atoms with Crippen LogP contribution in [0, 0.1) is 12.8 Å². The van der Waals surface area contributed by atoms with Gasteiger partial charge >= 0.3 is 0 Å². The summed E-state index contributed by atoms with van der Waals surface area (Å²) in [6.07, 6.45) is 2.52. The number of benzene rings is 1. The van der Waals surface area contributed by atoms with Crippen molar-refractivity contribution in [2.75, 3.05) is 25.0 Å². The summed E-state index contributed by atoms with van der Waals surface area (Å²) < 4.78 is 0. The van der Waals surface area contributed by atoms with E-state index in [1.807, 2.05) is 12.1 Å². The predicted molar refractivity (Wildman–Crippen MR) is 70.3 cm³/mol. The first-order valence-corrected chi connectivity index (χ1v) is 6.35. The lowest BCUT2D eigenvalue weighted by atomic mass is 9.98. The molecule has 88 valence electrons. The molecule has 1 aromatic rings. The Hall–Kier alpha value is -0.730. The largest absolute Gasteiger partial charge is 0.383 e. The lowest BCUT2D eigenvalue weighted by Crippen LogP contribution is -2.31. The second kappa shape index (κ2) is 5.55. The third-order valence-corrected chi connectivity index (χ3v) is 3.56. The summed E-state index contributed by atoms with van der Waals surface area (Å²) >= 11 is 6.17. The number of piperidine rings is 1. The summed E-state index contributed by atoms with van der Waals surface area (Å²) in [5.74, 6) is 0.775. The third kappa shape index (κ3) is 2.89. The smallest absolute Gasteiger partial charge is 0.0640 e. The lowest BCUT2D eigenvalue weighted by Gasteiger charge is -2.24. The first-order valence-electron chi connectivity index (χ1n) is 5.97. The standard InChI is InChI=1S/C13H19ClN2/c1-10-3-2-4-12(14)13(10)16-9-11-5-7-15-8-6-11/h2-4,11,15-16H,5-9H2,1H3. The minimum absolute atomic E-state index is 0.775. The van der Waals surface area contributed by atoms with Gasteiger partial charge in [-0.1, -0.05) is 23.7 Å². The molecule has 0 aliphatic carbocycles. The van der Waals surface area contributed by atoms with Crippen molar-refractivity contribution in [1.29, 1.82) is 0 Å². The molecule has 0 radical (unpaired) electrons. The summed E-state index contributed by atoms with van der Waals surface area (Å²) in [6, 6.07) is 6.03. The molecule has 2 rings (SSSR count). The zero-order chi connectivity index (χ0) is 11.4. The van der Waals surface area contributed by atoms with Crippen LogP contribution in [0.25, 0.3) is 0 Å². The van der Waals surface area contributed by atoms with Crippen LogP contribution >= 0.6 is 11.6 Å². The number of para-hydroxylation sites is 1. The van der Waals surface area contributed by atoms with E-state index in [-0.39, 0.29) is 0 Å². The minimum Gasteiger partial charge on any atom is -0.383 e. The summed E-state index contributed by atoms with van der Waals surface area (Å²) in [4.78, 5) is 0. The second-order valence-electron chi connectivity index (χ2n) is 4.51. The van der Waals surface area contributed by atoms with Gasteiger partial charge in [0.05, 0.1) is 10.7 Å². The normalized spacial score (nSPS) is 17.4. The van der Waals surface area contributed by atoms with Gasteiger partial charge in [-0.2, -0.15) is 0 Å². The van der Waals surface area contributed by atoms with E-state index < -0.39 is 0 Å². The highest BCUT2D eigenvalue weighted by atomic mass is 35.5. The molecule has 1 aromatic carbocycles. The Balaban J connectivity index is 1.93. The minimum atomic E-state index is 0.775. The van der Waals surface area contributed by atoms with Crippen LogP contribution in [0.1, 0.15) is 18.4 Å². The molecule has 1 aliphatic heterocycles. The number of hydrogen-bond acceptors (Lipinski definition) is 2. The highest BCUT2D eigenvalue weighted by Crippen LogP contribution is 2.26. The fraction of sp³-hybridized carbons (Fsp3) is 0.538. The number of halogens is 1. The average Bonchev–Trinajstić information content (AvgIpc) is 2.30. The summed E-state index contributed by atoms with van der Waals surface area (Å²) in [5.41, 5.74) is 2.32. The van der Waals surface area contributed by atoms with Gasteiger partial charge in [0.15, 0.2) is 0 Å². The van der Waals surface area contributed by atoms with E-state index in [1.165, 1.54) is 18.4 Å². The van der Waals surface area contributed by atoms with Gasteiger partial charge in [0.2, 0.25) is 0 Å². The number of hydrogen-bond donors (Lipinski definition) is 2. The number of rotatable bonds is 3. The number of aryl methyl sites for hydroxylation is 1. The molecule has 0 atom stereocenters. The molecule has 0 bridgehead atoms. The van der Waals surface area contributed by atoms with Gasteiger partial charge < -0.3 is 10.6 Å². The van der Waals surface area contributed by atoms with E-state index in [0.717, 1.165) is 36.3 Å². The van der Waals surface area contributed by atoms with Crippen LogP contribution in [-0.4, -0.2) is 19.6 Å². The van der Waals surface area contributed by atoms with Crippen LogP contribution in [0.2, 0.25) is 5.02 Å². The topological polar surface area (TPSA) is 24.1 Å². The fourth-order valence-electron chi connectivity index (χ4n) is 2.19. The van der Waals surface area contributed by atoms with Crippen molar-refractivity contribution in [3.63, 3.8) is 0 Å². The van der Waals surface area contributed by atoms with Gasteiger partial charge in [-0.3, -0.25) is 0 Å². The number of anilines is 1. The second-order valence-corrected chi connectivity index (χ2v) is 4.91. The van der Waals surface area contributed by atoms with Gasteiger partial charge in [0, 0.05) is 6.54 Å². The Morgan fingerprint density at radius 2 is 2.12 bits per heavy atom. The maximum atomic E-state index is 6.17. The van der Waals surface area contributed by atoms with E-state index in [0.29, 0.717) is 0 Å². The van der Waals surface area contributed by atoms with Crippen molar-refractivity contribution in [2.24, 2.45) is 5.92 Å². The van der Waals surface area contributed by atoms with Gasteiger partial charge in [0.25, 0.3) is 0 Å². The van der Waals surface area contributed by atoms with Crippen molar-refractivity contribution < 1.29 is 0 Å². The first-order chi connectivity index (χ1) is 7.77. The maximum absolute atomic E-state index is 6.17. The Bertz CT molecular complexity index is 326. The Morgan fingerprint density at radius 1 is 1.38 bits per heavy atom. The average molecular weight is 239 g/mol. The Labute approximate surface area is 102 Å². The van der Waals surface area contributed by atoms with Gasteiger partial charge in [-0.25, -0.2) is 0 Å². The molecule has 3 heteroatoms. The highest BCUT2D eigenvalue weighted by Gasteiger charge is 2.13. The molecule has 0 unspecified atom stereocenters. The fourth-order valence-corrected chi connectivity index (χ4v) is 2.48. The van der Waals surface area contributed by atoms with Crippen LogP contribution in [0.3, 0.4) is 0 Å². The molecule has 0 amide bonds. The monoisotopic (exact) mass is 238 g/mol. The number of nitrogens with one attached hydrogen (secondary N) is 2. The molecule has 0 spiro atoms. The van der Waals surface area contributed by atoms with Crippen LogP contribution in [-0.2, 0) is 0 Å². The highest BCUT2D eigenvalue weighted by molar-refractivity contribution is 6.33. The molecule has 2 nitrogen and oxygen atoms in total. The van der Waals surface area contributed by atoms with Crippen LogP contribution < -0.4 is 10.6 Å². The first kappa shape index (κ1) is 11.7. The van der Waals surface area contributed by atoms with Crippen molar-refractivity contribution in [1.82, 2.24) is 5.32 Å². The molecule has 1 aliphatic rings. The van der Waals surface area contributed by atoms with Crippen LogP contribution in [0.15, 0.2) is 18.2 Å². The summed E-state index contributed by atoms with van der Waals surface area (Å²) in [7, 11) is 0. The van der Waals surface area contributed by atoms with Gasteiger partial charge in [-0.15, -0.1) is 0 Å². The lowest BCUT2D eigenvalue weighted by molar-refractivity contribution is 0.390. The van der Waals surface area contributed by atoms with Gasteiger partial charge in [0.1, 0.15) is 0 Å². The molecule has 16 heavy (non-hydrogen) atoms. The Morgan fingerprint density at radius 3 is 2.81 bits per heavy atom. The molecule has 2 N–H and O–H groups in total. The molecular formula is C13H19ClN2. The molecule has 1 heterocycles.